The number of nitrogens with two attached hydrogens (primary N) is 1. The molecule has 0 aromatic carbocycles. The highest BCUT2D eigenvalue weighted by Crippen LogP contribution is 2.29. The SMILES string of the molecule is Cc1occc1C(=O)Nc1nc(CC(=O)N2CCC(C)(CN)C2)cs1.Cl.Cl. The van der Waals surface area contributed by atoms with Crippen molar-refractivity contribution in [1.82, 2.24) is 9.88 Å². The fourth-order valence-corrected chi connectivity index (χ4v) is 3.61. The second-order valence-electron chi connectivity index (χ2n) is 6.75. The van der Waals surface area contributed by atoms with Crippen molar-refractivity contribution < 1.29 is 14.0 Å². The van der Waals surface area contributed by atoms with E-state index in [1.165, 1.54) is 17.6 Å². The summed E-state index contributed by atoms with van der Waals surface area (Å²) < 4.78 is 5.13. The molecule has 3 heterocycles. The number of nitrogens with one attached hydrogen (secondary N) is 1. The van der Waals surface area contributed by atoms with Crippen molar-refractivity contribution in [3.05, 3.63) is 34.7 Å². The number of likely N-dealkylation sites (tertiary alicyclic amines) is 1. The van der Waals surface area contributed by atoms with Gasteiger partial charge in [-0.25, -0.2) is 4.98 Å². The Bertz CT molecular complexity index is 795. The molecular weight excluding hydrogens is 411 g/mol. The van der Waals surface area contributed by atoms with Gasteiger partial charge < -0.3 is 15.1 Å². The summed E-state index contributed by atoms with van der Waals surface area (Å²) in [6.45, 7) is 5.84. The first-order valence-corrected chi connectivity index (χ1v) is 9.06. The lowest BCUT2D eigenvalue weighted by atomic mass is 9.90. The number of furan rings is 1. The van der Waals surface area contributed by atoms with E-state index >= 15 is 0 Å². The normalized spacial score (nSPS) is 18.6. The fraction of sp³-hybridized carbons (Fsp3) is 0.471. The van der Waals surface area contributed by atoms with Gasteiger partial charge in [0.15, 0.2) is 5.13 Å². The van der Waals surface area contributed by atoms with E-state index in [1.54, 1.807) is 18.4 Å². The molecule has 1 fully saturated rings. The molecule has 1 saturated heterocycles. The van der Waals surface area contributed by atoms with Gasteiger partial charge in [-0.15, -0.1) is 36.2 Å². The number of rotatable bonds is 5. The summed E-state index contributed by atoms with van der Waals surface area (Å²) in [6.07, 6.45) is 2.64. The first-order chi connectivity index (χ1) is 11.9. The highest BCUT2D eigenvalue weighted by Gasteiger charge is 2.34. The summed E-state index contributed by atoms with van der Waals surface area (Å²) in [5, 5.41) is 5.01. The minimum Gasteiger partial charge on any atom is -0.469 e. The van der Waals surface area contributed by atoms with Gasteiger partial charge in [0.1, 0.15) is 5.76 Å². The third-order valence-corrected chi connectivity index (χ3v) is 5.42. The van der Waals surface area contributed by atoms with Crippen LogP contribution in [0.3, 0.4) is 0 Å². The number of hydrogen-bond donors (Lipinski definition) is 2. The van der Waals surface area contributed by atoms with E-state index < -0.39 is 0 Å². The number of thiazole rings is 1. The number of anilines is 1. The topological polar surface area (TPSA) is 101 Å². The average molecular weight is 435 g/mol. The van der Waals surface area contributed by atoms with E-state index in [1.807, 2.05) is 4.90 Å². The van der Waals surface area contributed by atoms with E-state index in [4.69, 9.17) is 10.2 Å². The van der Waals surface area contributed by atoms with Crippen molar-refractivity contribution in [2.45, 2.75) is 26.7 Å². The van der Waals surface area contributed by atoms with E-state index in [0.29, 0.717) is 35.2 Å². The van der Waals surface area contributed by atoms with Gasteiger partial charge in [-0.2, -0.15) is 0 Å². The molecule has 2 aromatic rings. The van der Waals surface area contributed by atoms with Crippen molar-refractivity contribution in [3.8, 4) is 0 Å². The Morgan fingerprint density at radius 2 is 2.19 bits per heavy atom. The molecule has 1 unspecified atom stereocenters. The Kier molecular flexibility index (Phi) is 8.28. The third-order valence-electron chi connectivity index (χ3n) is 4.61. The van der Waals surface area contributed by atoms with Crippen LogP contribution in [-0.2, 0) is 11.2 Å². The maximum atomic E-state index is 12.4. The zero-order valence-corrected chi connectivity index (χ0v) is 17.6. The minimum atomic E-state index is -0.267. The number of amides is 2. The molecule has 0 spiro atoms. The van der Waals surface area contributed by atoms with Crippen LogP contribution in [-0.4, -0.2) is 41.3 Å². The largest absolute Gasteiger partial charge is 0.469 e. The lowest BCUT2D eigenvalue weighted by Crippen LogP contribution is -2.35. The Labute approximate surface area is 174 Å². The summed E-state index contributed by atoms with van der Waals surface area (Å²) in [5.74, 6) is 0.337. The molecule has 2 aromatic heterocycles. The van der Waals surface area contributed by atoms with Crippen LogP contribution in [0.15, 0.2) is 22.1 Å². The van der Waals surface area contributed by atoms with Gasteiger partial charge in [0, 0.05) is 18.5 Å². The molecule has 3 N–H and O–H groups in total. The summed E-state index contributed by atoms with van der Waals surface area (Å²) in [5.41, 5.74) is 6.94. The molecule has 1 aliphatic rings. The number of halogens is 2. The average Bonchev–Trinajstić information content (AvgIpc) is 3.28. The van der Waals surface area contributed by atoms with Gasteiger partial charge in [0.25, 0.3) is 5.91 Å². The Morgan fingerprint density at radius 3 is 2.78 bits per heavy atom. The highest BCUT2D eigenvalue weighted by atomic mass is 35.5. The van der Waals surface area contributed by atoms with Crippen molar-refractivity contribution in [2.24, 2.45) is 11.1 Å². The summed E-state index contributed by atoms with van der Waals surface area (Å²) >= 11 is 1.31. The Morgan fingerprint density at radius 1 is 1.44 bits per heavy atom. The quantitative estimate of drug-likeness (QED) is 0.752. The molecule has 27 heavy (non-hydrogen) atoms. The van der Waals surface area contributed by atoms with Crippen molar-refractivity contribution >= 4 is 53.1 Å². The van der Waals surface area contributed by atoms with Crippen molar-refractivity contribution in [3.63, 3.8) is 0 Å². The first-order valence-electron chi connectivity index (χ1n) is 8.18. The first kappa shape index (κ1) is 23.4. The predicted octanol–water partition coefficient (Wildman–Crippen LogP) is 2.88. The van der Waals surface area contributed by atoms with Gasteiger partial charge in [-0.05, 0) is 31.4 Å². The van der Waals surface area contributed by atoms with Crippen LogP contribution in [0.4, 0.5) is 5.13 Å². The van der Waals surface area contributed by atoms with E-state index in [-0.39, 0.29) is 48.5 Å². The Balaban J connectivity index is 0.00000182. The second kappa shape index (κ2) is 9.54. The molecule has 7 nitrogen and oxygen atoms in total. The molecular formula is C17H24Cl2N4O3S. The van der Waals surface area contributed by atoms with Crippen LogP contribution in [0, 0.1) is 12.3 Å². The van der Waals surface area contributed by atoms with Gasteiger partial charge in [-0.1, -0.05) is 6.92 Å². The number of aryl methyl sites for hydroxylation is 1. The molecule has 0 aliphatic carbocycles. The fourth-order valence-electron chi connectivity index (χ4n) is 2.90. The number of aromatic nitrogens is 1. The van der Waals surface area contributed by atoms with Crippen LogP contribution >= 0.6 is 36.2 Å². The van der Waals surface area contributed by atoms with Crippen LogP contribution < -0.4 is 11.1 Å². The molecule has 1 atom stereocenters. The molecule has 0 radical (unpaired) electrons. The van der Waals surface area contributed by atoms with E-state index in [9.17, 15) is 9.59 Å². The molecule has 150 valence electrons. The summed E-state index contributed by atoms with van der Waals surface area (Å²) in [4.78, 5) is 30.8. The number of nitrogens with zero attached hydrogens (tertiary/aromatic N) is 2. The van der Waals surface area contributed by atoms with Crippen molar-refractivity contribution in [1.29, 1.82) is 0 Å². The van der Waals surface area contributed by atoms with Crippen molar-refractivity contribution in [2.75, 3.05) is 25.0 Å². The van der Waals surface area contributed by atoms with Crippen LogP contribution in [0.2, 0.25) is 0 Å². The smallest absolute Gasteiger partial charge is 0.260 e. The zero-order valence-electron chi connectivity index (χ0n) is 15.2. The molecule has 2 amide bonds. The van der Waals surface area contributed by atoms with E-state index in [0.717, 1.165) is 13.0 Å². The molecule has 0 saturated carbocycles. The van der Waals surface area contributed by atoms with Gasteiger partial charge >= 0.3 is 0 Å². The third kappa shape index (κ3) is 5.44. The number of hydrogen-bond acceptors (Lipinski definition) is 6. The summed E-state index contributed by atoms with van der Waals surface area (Å²) in [6, 6.07) is 1.62. The standard InChI is InChI=1S/C17H22N4O3S.2ClH/c1-11-13(3-6-24-11)15(23)20-16-19-12(8-25-16)7-14(22)21-5-4-17(2,9-18)10-21;;/h3,6,8H,4-5,7,9-10,18H2,1-2H3,(H,19,20,23);2*1H. The monoisotopic (exact) mass is 434 g/mol. The minimum absolute atomic E-state index is 0. The second-order valence-corrected chi connectivity index (χ2v) is 7.60. The van der Waals surface area contributed by atoms with Gasteiger partial charge in [0.2, 0.25) is 5.91 Å². The van der Waals surface area contributed by atoms with Crippen LogP contribution in [0.25, 0.3) is 0 Å². The number of carbonyl (C=O) groups excluding carboxylic acids is 2. The maximum absolute atomic E-state index is 12.4. The molecule has 1 aliphatic heterocycles. The zero-order chi connectivity index (χ0) is 18.0. The van der Waals surface area contributed by atoms with Gasteiger partial charge in [0.05, 0.1) is 23.9 Å². The molecule has 0 bridgehead atoms. The highest BCUT2D eigenvalue weighted by molar-refractivity contribution is 7.14. The lowest BCUT2D eigenvalue weighted by Gasteiger charge is -2.22. The van der Waals surface area contributed by atoms with Crippen LogP contribution in [0.1, 0.15) is 35.2 Å². The lowest BCUT2D eigenvalue weighted by molar-refractivity contribution is -0.129. The van der Waals surface area contributed by atoms with E-state index in [2.05, 4.69) is 17.2 Å². The molecule has 3 rings (SSSR count). The molecule has 10 heteroatoms. The van der Waals surface area contributed by atoms with Crippen LogP contribution in [0.5, 0.6) is 0 Å². The van der Waals surface area contributed by atoms with Gasteiger partial charge in [-0.3, -0.25) is 14.9 Å². The predicted molar refractivity (Wildman–Crippen MR) is 110 cm³/mol. The number of carbonyl (C=O) groups is 2. The maximum Gasteiger partial charge on any atom is 0.260 e. The Hall–Kier alpha value is -1.61. The summed E-state index contributed by atoms with van der Waals surface area (Å²) in [7, 11) is 0.